The molecule has 0 aliphatic carbocycles. The van der Waals surface area contributed by atoms with Gasteiger partial charge in [0.1, 0.15) is 0 Å². The van der Waals surface area contributed by atoms with Crippen molar-refractivity contribution in [3.05, 3.63) is 10.6 Å². The summed E-state index contributed by atoms with van der Waals surface area (Å²) in [4.78, 5) is 8.57. The van der Waals surface area contributed by atoms with E-state index in [4.69, 9.17) is 10.7 Å². The van der Waals surface area contributed by atoms with Gasteiger partial charge in [-0.05, 0) is 31.6 Å². The zero-order valence-corrected chi connectivity index (χ0v) is 12.4. The maximum absolute atomic E-state index is 5.83. The van der Waals surface area contributed by atoms with Crippen LogP contribution in [0.15, 0.2) is 0 Å². The number of hydrogen-bond donors (Lipinski definition) is 1. The van der Waals surface area contributed by atoms with Crippen molar-refractivity contribution in [1.82, 2.24) is 4.98 Å². The molecule has 1 fully saturated rings. The van der Waals surface area contributed by atoms with Gasteiger partial charge >= 0.3 is 0 Å². The minimum atomic E-state index is 0.636. The molecule has 2 rings (SSSR count). The molecule has 0 aromatic carbocycles. The van der Waals surface area contributed by atoms with Crippen LogP contribution in [0.25, 0.3) is 0 Å². The molecule has 1 aromatic heterocycles. The molecule has 1 aliphatic heterocycles. The molecule has 0 bridgehead atoms. The normalized spacial score (nSPS) is 21.1. The number of aromatic nitrogens is 1. The Bertz CT molecular complexity index is 375. The Labute approximate surface area is 114 Å². The second kappa shape index (κ2) is 6.53. The molecule has 0 spiro atoms. The lowest BCUT2D eigenvalue weighted by atomic mass is 10.0. The van der Waals surface area contributed by atoms with Crippen molar-refractivity contribution < 1.29 is 0 Å². The van der Waals surface area contributed by atoms with Gasteiger partial charge in [-0.15, -0.1) is 11.3 Å². The van der Waals surface area contributed by atoms with Crippen LogP contribution in [-0.2, 0) is 13.0 Å². The van der Waals surface area contributed by atoms with E-state index in [0.29, 0.717) is 6.54 Å². The molecule has 18 heavy (non-hydrogen) atoms. The average Bonchev–Trinajstić information content (AvgIpc) is 2.64. The summed E-state index contributed by atoms with van der Waals surface area (Å²) in [6, 6.07) is 0. The quantitative estimate of drug-likeness (QED) is 0.911. The molecule has 1 aromatic rings. The Morgan fingerprint density at radius 2 is 2.22 bits per heavy atom. The maximum atomic E-state index is 5.83. The summed E-state index contributed by atoms with van der Waals surface area (Å²) in [5, 5.41) is 1.20. The number of nitrogens with two attached hydrogens (primary N) is 1. The smallest absolute Gasteiger partial charge is 0.185 e. The predicted octanol–water partition coefficient (Wildman–Crippen LogP) is 3.18. The van der Waals surface area contributed by atoms with Crippen LogP contribution in [-0.4, -0.2) is 18.1 Å². The van der Waals surface area contributed by atoms with Crippen LogP contribution >= 0.6 is 11.3 Å². The van der Waals surface area contributed by atoms with Gasteiger partial charge in [0.2, 0.25) is 0 Å². The number of rotatable bonds is 4. The van der Waals surface area contributed by atoms with Crippen LogP contribution in [0, 0.1) is 5.92 Å². The summed E-state index contributed by atoms with van der Waals surface area (Å²) in [7, 11) is 0. The fourth-order valence-corrected chi connectivity index (χ4v) is 3.59. The summed E-state index contributed by atoms with van der Waals surface area (Å²) in [6.07, 6.45) is 6.15. The molecule has 102 valence electrons. The minimum absolute atomic E-state index is 0.636. The van der Waals surface area contributed by atoms with E-state index in [1.807, 2.05) is 0 Å². The van der Waals surface area contributed by atoms with Crippen LogP contribution in [0.2, 0.25) is 0 Å². The summed E-state index contributed by atoms with van der Waals surface area (Å²) >= 11 is 1.81. The molecule has 0 amide bonds. The van der Waals surface area contributed by atoms with E-state index in [1.165, 1.54) is 35.0 Å². The number of hydrogen-bond acceptors (Lipinski definition) is 4. The predicted molar refractivity (Wildman–Crippen MR) is 79.2 cm³/mol. The number of anilines is 1. The Hall–Kier alpha value is -0.610. The topological polar surface area (TPSA) is 42.2 Å². The number of aryl methyl sites for hydroxylation is 1. The molecule has 0 radical (unpaired) electrons. The highest BCUT2D eigenvalue weighted by atomic mass is 32.1. The minimum Gasteiger partial charge on any atom is -0.348 e. The van der Waals surface area contributed by atoms with Gasteiger partial charge < -0.3 is 10.6 Å². The highest BCUT2D eigenvalue weighted by Gasteiger charge is 2.18. The van der Waals surface area contributed by atoms with Crippen molar-refractivity contribution in [2.75, 3.05) is 18.0 Å². The van der Waals surface area contributed by atoms with Gasteiger partial charge in [0.15, 0.2) is 5.13 Å². The van der Waals surface area contributed by atoms with E-state index in [0.717, 1.165) is 31.8 Å². The maximum Gasteiger partial charge on any atom is 0.185 e. The Morgan fingerprint density at radius 1 is 1.39 bits per heavy atom. The average molecular weight is 267 g/mol. The molecule has 2 heterocycles. The molecule has 1 atom stereocenters. The van der Waals surface area contributed by atoms with Crippen molar-refractivity contribution in [1.29, 1.82) is 0 Å². The van der Waals surface area contributed by atoms with Gasteiger partial charge in [-0.25, -0.2) is 4.98 Å². The molecular formula is C14H25N3S. The highest BCUT2D eigenvalue weighted by Crippen LogP contribution is 2.29. The molecule has 1 unspecified atom stereocenters. The Kier molecular flexibility index (Phi) is 5.01. The highest BCUT2D eigenvalue weighted by molar-refractivity contribution is 7.15. The lowest BCUT2D eigenvalue weighted by molar-refractivity contribution is 0.521. The third kappa shape index (κ3) is 3.23. The van der Waals surface area contributed by atoms with Crippen molar-refractivity contribution in [3.63, 3.8) is 0 Å². The van der Waals surface area contributed by atoms with Crippen LogP contribution in [0.4, 0.5) is 5.13 Å². The van der Waals surface area contributed by atoms with Crippen LogP contribution < -0.4 is 10.6 Å². The van der Waals surface area contributed by atoms with Crippen molar-refractivity contribution >= 4 is 16.5 Å². The lowest BCUT2D eigenvalue weighted by Gasteiger charge is -2.18. The van der Waals surface area contributed by atoms with Gasteiger partial charge in [-0.1, -0.05) is 20.3 Å². The van der Waals surface area contributed by atoms with Gasteiger partial charge in [0.05, 0.1) is 5.69 Å². The van der Waals surface area contributed by atoms with Gasteiger partial charge in [-0.3, -0.25) is 0 Å². The first kappa shape index (κ1) is 13.8. The van der Waals surface area contributed by atoms with Gasteiger partial charge in [-0.2, -0.15) is 0 Å². The summed E-state index contributed by atoms with van der Waals surface area (Å²) < 4.78 is 0. The molecule has 3 nitrogen and oxygen atoms in total. The van der Waals surface area contributed by atoms with E-state index in [1.54, 1.807) is 11.3 Å². The molecule has 0 saturated carbocycles. The Morgan fingerprint density at radius 3 is 2.94 bits per heavy atom. The first-order valence-electron chi connectivity index (χ1n) is 7.18. The first-order valence-corrected chi connectivity index (χ1v) is 7.99. The standard InChI is InChI=1S/C14H25N3S/c1-3-5-12-13(10-15)18-14(16-12)17-8-4-6-11(2)7-9-17/h11H,3-10,15H2,1-2H3. The van der Waals surface area contributed by atoms with Crippen molar-refractivity contribution in [2.24, 2.45) is 11.7 Å². The summed E-state index contributed by atoms with van der Waals surface area (Å²) in [5.74, 6) is 0.860. The SMILES string of the molecule is CCCc1nc(N2CCCC(C)CC2)sc1CN. The summed E-state index contributed by atoms with van der Waals surface area (Å²) in [6.45, 7) is 7.51. The van der Waals surface area contributed by atoms with E-state index in [-0.39, 0.29) is 0 Å². The second-order valence-electron chi connectivity index (χ2n) is 5.34. The monoisotopic (exact) mass is 267 g/mol. The van der Waals surface area contributed by atoms with E-state index in [2.05, 4.69) is 18.7 Å². The molecular weight excluding hydrogens is 242 g/mol. The molecule has 2 N–H and O–H groups in total. The van der Waals surface area contributed by atoms with E-state index < -0.39 is 0 Å². The van der Waals surface area contributed by atoms with Crippen molar-refractivity contribution in [2.45, 2.75) is 52.5 Å². The molecule has 4 heteroatoms. The number of nitrogens with zero attached hydrogens (tertiary/aromatic N) is 2. The number of thiazole rings is 1. The van der Waals surface area contributed by atoms with Gasteiger partial charge in [0.25, 0.3) is 0 Å². The Balaban J connectivity index is 2.11. The largest absolute Gasteiger partial charge is 0.348 e. The van der Waals surface area contributed by atoms with Crippen LogP contribution in [0.1, 0.15) is 50.1 Å². The second-order valence-corrected chi connectivity index (χ2v) is 6.41. The fourth-order valence-electron chi connectivity index (χ4n) is 2.55. The van der Waals surface area contributed by atoms with Gasteiger partial charge in [0, 0.05) is 24.5 Å². The third-order valence-corrected chi connectivity index (χ3v) is 4.91. The third-order valence-electron chi connectivity index (χ3n) is 3.73. The van der Waals surface area contributed by atoms with Crippen LogP contribution in [0.3, 0.4) is 0 Å². The summed E-state index contributed by atoms with van der Waals surface area (Å²) in [5.41, 5.74) is 7.06. The molecule has 1 aliphatic rings. The van der Waals surface area contributed by atoms with Crippen LogP contribution in [0.5, 0.6) is 0 Å². The van der Waals surface area contributed by atoms with Crippen molar-refractivity contribution in [3.8, 4) is 0 Å². The fraction of sp³-hybridized carbons (Fsp3) is 0.786. The zero-order chi connectivity index (χ0) is 13.0. The van der Waals surface area contributed by atoms with E-state index in [9.17, 15) is 0 Å². The lowest BCUT2D eigenvalue weighted by Crippen LogP contribution is -2.23. The zero-order valence-electron chi connectivity index (χ0n) is 11.6. The molecule has 1 saturated heterocycles. The van der Waals surface area contributed by atoms with E-state index >= 15 is 0 Å². The first-order chi connectivity index (χ1) is 8.74.